The van der Waals surface area contributed by atoms with Gasteiger partial charge in [-0.2, -0.15) is 0 Å². The molecule has 4 nitrogen and oxygen atoms in total. The van der Waals surface area contributed by atoms with Crippen molar-refractivity contribution in [3.8, 4) is 0 Å². The SMILES string of the molecule is O=C1[C@H]2N=C(Cc3ccccc3)S[C@H]2N1CO. The van der Waals surface area contributed by atoms with Crippen LogP contribution in [-0.2, 0) is 11.2 Å². The Labute approximate surface area is 103 Å². The highest BCUT2D eigenvalue weighted by Gasteiger charge is 2.51. The summed E-state index contributed by atoms with van der Waals surface area (Å²) in [6.45, 7) is -0.207. The minimum Gasteiger partial charge on any atom is -0.376 e. The maximum absolute atomic E-state index is 11.5. The summed E-state index contributed by atoms with van der Waals surface area (Å²) in [5.74, 6) is -0.0620. The van der Waals surface area contributed by atoms with Gasteiger partial charge >= 0.3 is 0 Å². The summed E-state index contributed by atoms with van der Waals surface area (Å²) in [6.07, 6.45) is 0.769. The molecule has 88 valence electrons. The standard InChI is InChI=1S/C12H12N2O2S/c15-7-14-11(16)10-12(14)17-9(13-10)6-8-4-2-1-3-5-8/h1-5,10,12,15H,6-7H2/t10-,12-/m1/s1. The highest BCUT2D eigenvalue weighted by molar-refractivity contribution is 8.14. The van der Waals surface area contributed by atoms with Crippen LogP contribution in [0.25, 0.3) is 0 Å². The van der Waals surface area contributed by atoms with Gasteiger partial charge in [0, 0.05) is 6.42 Å². The van der Waals surface area contributed by atoms with Crippen molar-refractivity contribution >= 4 is 22.7 Å². The number of benzene rings is 1. The molecule has 1 aromatic rings. The zero-order chi connectivity index (χ0) is 11.8. The number of likely N-dealkylation sites (tertiary alicyclic amines) is 1. The number of thioether (sulfide) groups is 1. The number of carbonyl (C=O) groups is 1. The number of rotatable bonds is 3. The van der Waals surface area contributed by atoms with Crippen LogP contribution in [0.3, 0.4) is 0 Å². The Morgan fingerprint density at radius 1 is 1.35 bits per heavy atom. The van der Waals surface area contributed by atoms with Gasteiger partial charge in [-0.15, -0.1) is 0 Å². The highest BCUT2D eigenvalue weighted by Crippen LogP contribution is 2.39. The molecule has 0 aliphatic carbocycles. The summed E-state index contributed by atoms with van der Waals surface area (Å²) in [6, 6.07) is 9.81. The molecule has 1 saturated heterocycles. The van der Waals surface area contributed by atoms with Crippen molar-refractivity contribution < 1.29 is 9.90 Å². The van der Waals surface area contributed by atoms with Gasteiger partial charge < -0.3 is 10.0 Å². The highest BCUT2D eigenvalue weighted by atomic mass is 32.2. The molecule has 0 unspecified atom stereocenters. The third-order valence-electron chi connectivity index (χ3n) is 3.00. The Balaban J connectivity index is 1.70. The number of hydrogen-bond acceptors (Lipinski definition) is 4. The average molecular weight is 248 g/mol. The van der Waals surface area contributed by atoms with Gasteiger partial charge in [0.25, 0.3) is 5.91 Å². The van der Waals surface area contributed by atoms with E-state index in [4.69, 9.17) is 5.11 Å². The Morgan fingerprint density at radius 2 is 2.12 bits per heavy atom. The summed E-state index contributed by atoms with van der Waals surface area (Å²) < 4.78 is 0. The molecule has 0 saturated carbocycles. The van der Waals surface area contributed by atoms with Crippen molar-refractivity contribution in [1.29, 1.82) is 0 Å². The van der Waals surface area contributed by atoms with E-state index in [1.807, 2.05) is 18.2 Å². The predicted octanol–water partition coefficient (Wildman–Crippen LogP) is 0.861. The lowest BCUT2D eigenvalue weighted by Crippen LogP contribution is -2.60. The van der Waals surface area contributed by atoms with E-state index >= 15 is 0 Å². The Morgan fingerprint density at radius 3 is 2.82 bits per heavy atom. The minimum atomic E-state index is -0.258. The first-order valence-electron chi connectivity index (χ1n) is 5.48. The molecular formula is C12H12N2O2S. The van der Waals surface area contributed by atoms with Crippen LogP contribution >= 0.6 is 11.8 Å². The largest absolute Gasteiger partial charge is 0.376 e. The lowest BCUT2D eigenvalue weighted by molar-refractivity contribution is -0.149. The second-order valence-corrected chi connectivity index (χ2v) is 5.28. The number of aliphatic hydroxyl groups is 1. The molecule has 17 heavy (non-hydrogen) atoms. The first-order valence-corrected chi connectivity index (χ1v) is 6.36. The molecule has 0 aromatic heterocycles. The van der Waals surface area contributed by atoms with Gasteiger partial charge in [-0.1, -0.05) is 42.1 Å². The predicted molar refractivity (Wildman–Crippen MR) is 66.7 cm³/mol. The number of fused-ring (bicyclic) bond motifs is 1. The van der Waals surface area contributed by atoms with E-state index in [1.54, 1.807) is 11.8 Å². The Hall–Kier alpha value is -1.33. The number of carbonyl (C=O) groups excluding carboxylic acids is 1. The number of β-lactam (4-membered cyclic amide) rings is 1. The zero-order valence-corrected chi connectivity index (χ0v) is 9.93. The van der Waals surface area contributed by atoms with Crippen molar-refractivity contribution in [3.05, 3.63) is 35.9 Å². The molecule has 2 aliphatic rings. The van der Waals surface area contributed by atoms with Gasteiger partial charge in [-0.3, -0.25) is 9.79 Å². The van der Waals surface area contributed by atoms with E-state index < -0.39 is 0 Å². The molecule has 2 aliphatic heterocycles. The molecule has 0 bridgehead atoms. The van der Waals surface area contributed by atoms with Crippen LogP contribution in [0.2, 0.25) is 0 Å². The molecule has 1 amide bonds. The second kappa shape index (κ2) is 4.16. The number of aliphatic hydroxyl groups excluding tert-OH is 1. The fourth-order valence-corrected chi connectivity index (χ4v) is 3.39. The third-order valence-corrected chi connectivity index (χ3v) is 4.28. The van der Waals surface area contributed by atoms with Crippen molar-refractivity contribution in [2.24, 2.45) is 4.99 Å². The number of hydrogen-bond donors (Lipinski definition) is 1. The number of nitrogens with zero attached hydrogens (tertiary/aromatic N) is 2. The second-order valence-electron chi connectivity index (χ2n) is 4.09. The quantitative estimate of drug-likeness (QED) is 0.807. The average Bonchev–Trinajstić information content (AvgIpc) is 2.71. The lowest BCUT2D eigenvalue weighted by Gasteiger charge is -2.39. The molecule has 0 spiro atoms. The van der Waals surface area contributed by atoms with Gasteiger partial charge in [0.05, 0.1) is 5.04 Å². The topological polar surface area (TPSA) is 52.9 Å². The summed E-state index contributed by atoms with van der Waals surface area (Å²) in [5.41, 5.74) is 1.20. The van der Waals surface area contributed by atoms with Crippen LogP contribution < -0.4 is 0 Å². The molecule has 1 fully saturated rings. The summed E-state index contributed by atoms with van der Waals surface area (Å²) in [7, 11) is 0. The molecule has 1 N–H and O–H groups in total. The van der Waals surface area contributed by atoms with Gasteiger partial charge in [0.2, 0.25) is 0 Å². The van der Waals surface area contributed by atoms with Crippen LogP contribution in [0.15, 0.2) is 35.3 Å². The molecule has 1 aromatic carbocycles. The maximum atomic E-state index is 11.5. The molecule has 0 radical (unpaired) electrons. The van der Waals surface area contributed by atoms with Crippen molar-refractivity contribution in [2.45, 2.75) is 17.8 Å². The fourth-order valence-electron chi connectivity index (χ4n) is 2.09. The first-order chi connectivity index (χ1) is 8.29. The van der Waals surface area contributed by atoms with Gasteiger partial charge in [0.15, 0.2) is 6.04 Å². The fraction of sp³-hybridized carbons (Fsp3) is 0.333. The van der Waals surface area contributed by atoms with Crippen molar-refractivity contribution in [1.82, 2.24) is 4.90 Å². The van der Waals surface area contributed by atoms with Crippen molar-refractivity contribution in [2.75, 3.05) is 6.73 Å². The van der Waals surface area contributed by atoms with E-state index in [2.05, 4.69) is 17.1 Å². The van der Waals surface area contributed by atoms with E-state index in [0.717, 1.165) is 11.5 Å². The van der Waals surface area contributed by atoms with E-state index in [0.29, 0.717) is 0 Å². The van der Waals surface area contributed by atoms with Crippen LogP contribution in [0, 0.1) is 0 Å². The smallest absolute Gasteiger partial charge is 0.253 e. The third kappa shape index (κ3) is 1.75. The first kappa shape index (κ1) is 10.8. The van der Waals surface area contributed by atoms with Crippen LogP contribution in [0.4, 0.5) is 0 Å². The lowest BCUT2D eigenvalue weighted by atomic mass is 10.1. The summed E-state index contributed by atoms with van der Waals surface area (Å²) >= 11 is 1.59. The van der Waals surface area contributed by atoms with E-state index in [-0.39, 0.29) is 24.1 Å². The molecule has 2 atom stereocenters. The van der Waals surface area contributed by atoms with E-state index in [1.165, 1.54) is 10.5 Å². The van der Waals surface area contributed by atoms with E-state index in [9.17, 15) is 4.79 Å². The molecule has 3 rings (SSSR count). The normalized spacial score (nSPS) is 26.5. The molecule has 5 heteroatoms. The number of amides is 1. The van der Waals surface area contributed by atoms with Crippen LogP contribution in [0.5, 0.6) is 0 Å². The molecular weight excluding hydrogens is 236 g/mol. The Kier molecular flexibility index (Phi) is 2.64. The van der Waals surface area contributed by atoms with Crippen molar-refractivity contribution in [3.63, 3.8) is 0 Å². The zero-order valence-electron chi connectivity index (χ0n) is 9.11. The summed E-state index contributed by atoms with van der Waals surface area (Å²) in [4.78, 5) is 17.4. The molecule has 2 heterocycles. The van der Waals surface area contributed by atoms with Crippen LogP contribution in [-0.4, -0.2) is 39.1 Å². The van der Waals surface area contributed by atoms with Gasteiger partial charge in [-0.05, 0) is 5.56 Å². The van der Waals surface area contributed by atoms with Gasteiger partial charge in [-0.25, -0.2) is 0 Å². The Bertz CT molecular complexity index is 475. The maximum Gasteiger partial charge on any atom is 0.253 e. The van der Waals surface area contributed by atoms with Crippen LogP contribution in [0.1, 0.15) is 5.56 Å². The monoisotopic (exact) mass is 248 g/mol. The van der Waals surface area contributed by atoms with Gasteiger partial charge in [0.1, 0.15) is 12.1 Å². The summed E-state index contributed by atoms with van der Waals surface area (Å²) in [5, 5.41) is 10.0. The number of aliphatic imine (C=N–C) groups is 1. The minimum absolute atomic E-state index is 0.0196.